The SMILES string of the molecule is CC(C)C(=O)Nc1ncnn2c([C@]3(C#N)O[C@H](COC(=O)Cc4ccccc4)[C@@H](OC(=O)[C@@H](N)C(C)(C)C)[C@H]3O)ccc12. The van der Waals surface area contributed by atoms with Gasteiger partial charge in [-0.15, -0.1) is 0 Å². The highest BCUT2D eigenvalue weighted by Crippen LogP contribution is 2.42. The summed E-state index contributed by atoms with van der Waals surface area (Å²) in [5.74, 6) is -1.83. The number of aliphatic hydroxyl groups is 1. The van der Waals surface area contributed by atoms with Crippen LogP contribution in [0.3, 0.4) is 0 Å². The highest BCUT2D eigenvalue weighted by Gasteiger charge is 2.60. The number of hydrogen-bond donors (Lipinski definition) is 3. The number of amides is 1. The maximum absolute atomic E-state index is 13.0. The van der Waals surface area contributed by atoms with Gasteiger partial charge in [-0.3, -0.25) is 14.4 Å². The van der Waals surface area contributed by atoms with Gasteiger partial charge in [0.25, 0.3) is 0 Å². The number of fused-ring (bicyclic) bond motifs is 1. The van der Waals surface area contributed by atoms with Crippen LogP contribution in [0.15, 0.2) is 48.8 Å². The Balaban J connectivity index is 1.67. The predicted molar refractivity (Wildman–Crippen MR) is 153 cm³/mol. The zero-order valence-corrected chi connectivity index (χ0v) is 24.7. The number of nitrogens with two attached hydrogens (primary N) is 1. The van der Waals surface area contributed by atoms with Gasteiger partial charge >= 0.3 is 11.9 Å². The lowest BCUT2D eigenvalue weighted by atomic mass is 9.87. The number of benzene rings is 1. The van der Waals surface area contributed by atoms with Crippen molar-refractivity contribution in [3.63, 3.8) is 0 Å². The molecule has 0 unspecified atom stereocenters. The summed E-state index contributed by atoms with van der Waals surface area (Å²) in [6, 6.07) is 13.0. The summed E-state index contributed by atoms with van der Waals surface area (Å²) in [6.45, 7) is 8.29. The van der Waals surface area contributed by atoms with Crippen LogP contribution >= 0.6 is 0 Å². The smallest absolute Gasteiger partial charge is 0.323 e. The minimum Gasteiger partial charge on any atom is -0.463 e. The highest BCUT2D eigenvalue weighted by atomic mass is 16.6. The number of anilines is 1. The molecule has 1 aliphatic rings. The first kappa shape index (κ1) is 31.6. The molecule has 3 aromatic rings. The summed E-state index contributed by atoms with van der Waals surface area (Å²) in [6.07, 6.45) is -3.25. The van der Waals surface area contributed by atoms with E-state index in [0.29, 0.717) is 5.52 Å². The van der Waals surface area contributed by atoms with Crippen LogP contribution in [0.25, 0.3) is 5.52 Å². The van der Waals surface area contributed by atoms with Crippen LogP contribution in [-0.2, 0) is 40.6 Å². The highest BCUT2D eigenvalue weighted by molar-refractivity contribution is 5.94. The second-order valence-electron chi connectivity index (χ2n) is 11.8. The molecule has 4 N–H and O–H groups in total. The van der Waals surface area contributed by atoms with E-state index in [1.54, 1.807) is 65.0 Å². The first-order valence-corrected chi connectivity index (χ1v) is 13.8. The molecular weight excluding hydrogens is 556 g/mol. The van der Waals surface area contributed by atoms with E-state index < -0.39 is 53.9 Å². The third-order valence-corrected chi connectivity index (χ3v) is 7.24. The van der Waals surface area contributed by atoms with Gasteiger partial charge in [0.2, 0.25) is 11.5 Å². The lowest BCUT2D eigenvalue weighted by molar-refractivity contribution is -0.163. The maximum Gasteiger partial charge on any atom is 0.323 e. The fourth-order valence-electron chi connectivity index (χ4n) is 4.56. The summed E-state index contributed by atoms with van der Waals surface area (Å²) in [5, 5.41) is 29.0. The molecule has 1 aromatic carbocycles. The van der Waals surface area contributed by atoms with E-state index in [4.69, 9.17) is 19.9 Å². The van der Waals surface area contributed by atoms with Gasteiger partial charge in [-0.1, -0.05) is 65.0 Å². The average molecular weight is 593 g/mol. The van der Waals surface area contributed by atoms with E-state index in [9.17, 15) is 24.8 Å². The molecule has 0 bridgehead atoms. The van der Waals surface area contributed by atoms with Gasteiger partial charge in [-0.25, -0.2) is 9.50 Å². The Labute approximate surface area is 248 Å². The Kier molecular flexibility index (Phi) is 9.15. The molecule has 2 aromatic heterocycles. The van der Waals surface area contributed by atoms with Crippen molar-refractivity contribution in [2.45, 2.75) is 71.0 Å². The fourth-order valence-corrected chi connectivity index (χ4v) is 4.56. The average Bonchev–Trinajstić information content (AvgIpc) is 3.51. The van der Waals surface area contributed by atoms with Crippen LogP contribution in [0.1, 0.15) is 45.9 Å². The first-order valence-electron chi connectivity index (χ1n) is 13.8. The summed E-state index contributed by atoms with van der Waals surface area (Å²) >= 11 is 0. The molecule has 1 saturated heterocycles. The van der Waals surface area contributed by atoms with E-state index in [-0.39, 0.29) is 29.8 Å². The number of ether oxygens (including phenoxy) is 3. The maximum atomic E-state index is 13.0. The molecule has 3 heterocycles. The number of nitrogens with zero attached hydrogens (tertiary/aromatic N) is 4. The Morgan fingerprint density at radius 2 is 1.91 bits per heavy atom. The summed E-state index contributed by atoms with van der Waals surface area (Å²) in [7, 11) is 0. The van der Waals surface area contributed by atoms with Crippen molar-refractivity contribution in [3.05, 3.63) is 60.0 Å². The van der Waals surface area contributed by atoms with Crippen LogP contribution in [-0.4, -0.2) is 68.5 Å². The van der Waals surface area contributed by atoms with Crippen LogP contribution in [0.5, 0.6) is 0 Å². The topological polar surface area (TPSA) is 191 Å². The van der Waals surface area contributed by atoms with Crippen molar-refractivity contribution in [1.82, 2.24) is 14.6 Å². The number of esters is 2. The van der Waals surface area contributed by atoms with Gasteiger partial charge in [-0.2, -0.15) is 10.4 Å². The molecule has 0 saturated carbocycles. The van der Waals surface area contributed by atoms with Gasteiger partial charge in [-0.05, 0) is 23.1 Å². The Hall–Kier alpha value is -4.38. The van der Waals surface area contributed by atoms with Gasteiger partial charge in [0.15, 0.2) is 11.9 Å². The minimum atomic E-state index is -2.12. The predicted octanol–water partition coefficient (Wildman–Crippen LogP) is 1.87. The molecule has 43 heavy (non-hydrogen) atoms. The molecule has 228 valence electrons. The number of hydrogen-bond acceptors (Lipinski definition) is 11. The number of carbonyl (C=O) groups excluding carboxylic acids is 3. The molecular formula is C30H36N6O7. The van der Waals surface area contributed by atoms with Gasteiger partial charge in [0.05, 0.1) is 12.1 Å². The fraction of sp³-hybridized carbons (Fsp3) is 0.467. The third kappa shape index (κ3) is 6.51. The minimum absolute atomic E-state index is 0.0238. The van der Waals surface area contributed by atoms with Gasteiger partial charge in [0, 0.05) is 5.92 Å². The van der Waals surface area contributed by atoms with Crippen LogP contribution in [0.2, 0.25) is 0 Å². The Morgan fingerprint density at radius 1 is 1.21 bits per heavy atom. The molecule has 13 nitrogen and oxygen atoms in total. The molecule has 0 radical (unpaired) electrons. The Bertz CT molecular complexity index is 1530. The molecule has 0 spiro atoms. The number of aromatic nitrogens is 3. The number of carbonyl (C=O) groups is 3. The van der Waals surface area contributed by atoms with Crippen molar-refractivity contribution in [3.8, 4) is 6.07 Å². The summed E-state index contributed by atoms with van der Waals surface area (Å²) in [4.78, 5) is 42.2. The second-order valence-corrected chi connectivity index (χ2v) is 11.8. The zero-order chi connectivity index (χ0) is 31.5. The normalized spacial score (nSPS) is 22.6. The van der Waals surface area contributed by atoms with Crippen molar-refractivity contribution in [2.75, 3.05) is 11.9 Å². The van der Waals surface area contributed by atoms with E-state index in [0.717, 1.165) is 5.56 Å². The van der Waals surface area contributed by atoms with E-state index in [2.05, 4.69) is 15.4 Å². The summed E-state index contributed by atoms with van der Waals surface area (Å²) in [5.41, 5.74) is 4.47. The molecule has 4 rings (SSSR count). The van der Waals surface area contributed by atoms with E-state index in [1.165, 1.54) is 16.9 Å². The lowest BCUT2D eigenvalue weighted by Crippen LogP contribution is -2.49. The van der Waals surface area contributed by atoms with Crippen molar-refractivity contribution < 1.29 is 33.7 Å². The van der Waals surface area contributed by atoms with Crippen LogP contribution < -0.4 is 11.1 Å². The standard InChI is InChI=1S/C30H36N6O7/c1-17(2)27(39)35-26-19-11-12-21(36(19)34-16-33-26)30(15-31)25(38)23(42-28(40)24(32)29(3,4)5)20(43-30)14-41-22(37)13-18-9-7-6-8-10-18/h6-12,16-17,20,23-25,38H,13-14,32H2,1-5H3,(H,33,34,35,39)/t20-,23-,24-,25-,30+/m1/s1. The Morgan fingerprint density at radius 3 is 2.53 bits per heavy atom. The number of nitriles is 1. The van der Waals surface area contributed by atoms with Crippen LogP contribution in [0.4, 0.5) is 5.82 Å². The van der Waals surface area contributed by atoms with Crippen LogP contribution in [0, 0.1) is 22.7 Å². The monoisotopic (exact) mass is 592 g/mol. The van der Waals surface area contributed by atoms with E-state index >= 15 is 0 Å². The number of nitrogens with one attached hydrogen (secondary N) is 1. The number of aliphatic hydroxyl groups excluding tert-OH is 1. The van der Waals surface area contributed by atoms with Gasteiger partial charge < -0.3 is 30.4 Å². The van der Waals surface area contributed by atoms with Gasteiger partial charge in [0.1, 0.15) is 42.8 Å². The molecule has 5 atom stereocenters. The summed E-state index contributed by atoms with van der Waals surface area (Å²) < 4.78 is 18.6. The molecule has 1 aliphatic heterocycles. The second kappa shape index (κ2) is 12.5. The third-order valence-electron chi connectivity index (χ3n) is 7.24. The first-order chi connectivity index (χ1) is 20.3. The lowest BCUT2D eigenvalue weighted by Gasteiger charge is -2.29. The molecule has 1 fully saturated rings. The number of rotatable bonds is 9. The molecule has 0 aliphatic carbocycles. The van der Waals surface area contributed by atoms with Crippen molar-refractivity contribution >= 4 is 29.2 Å². The largest absolute Gasteiger partial charge is 0.463 e. The van der Waals surface area contributed by atoms with Crippen molar-refractivity contribution in [1.29, 1.82) is 5.26 Å². The zero-order valence-electron chi connectivity index (χ0n) is 24.7. The molecule has 13 heteroatoms. The quantitative estimate of drug-likeness (QED) is 0.307. The molecule has 1 amide bonds. The van der Waals surface area contributed by atoms with E-state index in [1.807, 2.05) is 12.1 Å². The van der Waals surface area contributed by atoms with Crippen molar-refractivity contribution in [2.24, 2.45) is 17.1 Å².